The van der Waals surface area contributed by atoms with Crippen LogP contribution in [0.25, 0.3) is 11.0 Å². The van der Waals surface area contributed by atoms with Gasteiger partial charge in [-0.1, -0.05) is 0 Å². The third kappa shape index (κ3) is 3.10. The van der Waals surface area contributed by atoms with Gasteiger partial charge >= 0.3 is 5.63 Å². The molecule has 1 fully saturated rings. The second-order valence-electron chi connectivity index (χ2n) is 6.53. The van der Waals surface area contributed by atoms with Gasteiger partial charge in [0, 0.05) is 43.0 Å². The van der Waals surface area contributed by atoms with Crippen molar-refractivity contribution in [2.75, 3.05) is 13.2 Å². The van der Waals surface area contributed by atoms with Crippen molar-refractivity contribution in [2.45, 2.75) is 18.9 Å². The number of amides is 1. The fourth-order valence-electron chi connectivity index (χ4n) is 3.55. The molecule has 1 aliphatic rings. The van der Waals surface area contributed by atoms with Gasteiger partial charge in [0.15, 0.2) is 6.61 Å². The quantitative estimate of drug-likeness (QED) is 0.677. The number of hydrogen-bond donors (Lipinski definition) is 0. The van der Waals surface area contributed by atoms with Gasteiger partial charge in [-0.2, -0.15) is 0 Å². The van der Waals surface area contributed by atoms with Crippen LogP contribution in [-0.4, -0.2) is 28.5 Å². The lowest BCUT2D eigenvalue weighted by atomic mass is 10.1. The standard InChI is InChI=1S/C20H20N2O4/c1-21-10-2-4-16(21)17-5-3-11-22(17)19(23)13-25-15-8-6-14-7-9-20(24)26-18(14)12-15/h2,4,6-10,12,17H,3,5,11,13H2,1H3. The molecule has 0 saturated carbocycles. The van der Waals surface area contributed by atoms with Crippen molar-refractivity contribution in [1.29, 1.82) is 0 Å². The highest BCUT2D eigenvalue weighted by atomic mass is 16.5. The van der Waals surface area contributed by atoms with E-state index in [4.69, 9.17) is 9.15 Å². The molecule has 0 radical (unpaired) electrons. The van der Waals surface area contributed by atoms with Crippen LogP contribution in [0.4, 0.5) is 0 Å². The van der Waals surface area contributed by atoms with Crippen molar-refractivity contribution in [2.24, 2.45) is 7.05 Å². The van der Waals surface area contributed by atoms with Gasteiger partial charge in [-0.3, -0.25) is 4.79 Å². The molecule has 1 amide bonds. The average Bonchev–Trinajstić information content (AvgIpc) is 3.27. The molecule has 2 aromatic heterocycles. The Morgan fingerprint density at radius 3 is 2.92 bits per heavy atom. The van der Waals surface area contributed by atoms with E-state index in [1.165, 1.54) is 6.07 Å². The molecule has 1 atom stereocenters. The van der Waals surface area contributed by atoms with Gasteiger partial charge in [0.1, 0.15) is 11.3 Å². The molecule has 4 rings (SSSR count). The molecule has 1 saturated heterocycles. The Morgan fingerprint density at radius 2 is 2.12 bits per heavy atom. The molecular weight excluding hydrogens is 332 g/mol. The van der Waals surface area contributed by atoms with Gasteiger partial charge in [0.25, 0.3) is 5.91 Å². The summed E-state index contributed by atoms with van der Waals surface area (Å²) in [5, 5.41) is 0.812. The van der Waals surface area contributed by atoms with Gasteiger partial charge in [-0.15, -0.1) is 0 Å². The maximum Gasteiger partial charge on any atom is 0.336 e. The van der Waals surface area contributed by atoms with Gasteiger partial charge < -0.3 is 18.6 Å². The number of rotatable bonds is 4. The number of ether oxygens (including phenoxy) is 1. The Hall–Kier alpha value is -3.02. The van der Waals surface area contributed by atoms with E-state index in [0.717, 1.165) is 30.5 Å². The summed E-state index contributed by atoms with van der Waals surface area (Å²) in [6.45, 7) is 0.703. The molecule has 0 bridgehead atoms. The summed E-state index contributed by atoms with van der Waals surface area (Å²) in [7, 11) is 2.00. The number of benzene rings is 1. The number of likely N-dealkylation sites (tertiary alicyclic amines) is 1. The molecule has 134 valence electrons. The lowest BCUT2D eigenvalue weighted by Crippen LogP contribution is -2.35. The zero-order valence-corrected chi connectivity index (χ0v) is 14.6. The second-order valence-corrected chi connectivity index (χ2v) is 6.53. The number of fused-ring (bicyclic) bond motifs is 1. The maximum atomic E-state index is 12.7. The minimum Gasteiger partial charge on any atom is -0.484 e. The Kier molecular flexibility index (Phi) is 4.24. The molecule has 26 heavy (non-hydrogen) atoms. The molecule has 0 N–H and O–H groups in total. The zero-order valence-electron chi connectivity index (χ0n) is 14.6. The third-order valence-corrected chi connectivity index (χ3v) is 4.86. The normalized spacial score (nSPS) is 17.0. The number of nitrogens with zero attached hydrogens (tertiary/aromatic N) is 2. The molecule has 0 aliphatic carbocycles. The van der Waals surface area contributed by atoms with Gasteiger partial charge in [-0.25, -0.2) is 4.79 Å². The molecule has 3 heterocycles. The summed E-state index contributed by atoms with van der Waals surface area (Å²) in [5.41, 5.74) is 1.18. The lowest BCUT2D eigenvalue weighted by Gasteiger charge is -2.25. The molecule has 6 heteroatoms. The Morgan fingerprint density at radius 1 is 1.27 bits per heavy atom. The van der Waals surface area contributed by atoms with Crippen molar-refractivity contribution >= 4 is 16.9 Å². The molecule has 3 aromatic rings. The first kappa shape index (κ1) is 16.4. The summed E-state index contributed by atoms with van der Waals surface area (Å²) >= 11 is 0. The highest BCUT2D eigenvalue weighted by molar-refractivity contribution is 5.80. The Balaban J connectivity index is 1.46. The molecule has 1 unspecified atom stereocenters. The number of aryl methyl sites for hydroxylation is 1. The Labute approximate surface area is 150 Å². The number of hydrogen-bond acceptors (Lipinski definition) is 4. The van der Waals surface area contributed by atoms with E-state index in [9.17, 15) is 9.59 Å². The summed E-state index contributed by atoms with van der Waals surface area (Å²) in [6.07, 6.45) is 3.95. The SMILES string of the molecule is Cn1cccc1C1CCCN1C(=O)COc1ccc2ccc(=O)oc2c1. The van der Waals surface area contributed by atoms with Gasteiger partial charge in [-0.05, 0) is 43.2 Å². The summed E-state index contributed by atoms with van der Waals surface area (Å²) in [5.74, 6) is 0.470. The fourth-order valence-corrected chi connectivity index (χ4v) is 3.55. The van der Waals surface area contributed by atoms with Crippen molar-refractivity contribution in [3.8, 4) is 5.75 Å². The van der Waals surface area contributed by atoms with Crippen LogP contribution in [-0.2, 0) is 11.8 Å². The van der Waals surface area contributed by atoms with Crippen LogP contribution >= 0.6 is 0 Å². The minimum absolute atomic E-state index is 0.0382. The number of carbonyl (C=O) groups is 1. The fraction of sp³-hybridized carbons (Fsp3) is 0.300. The van der Waals surface area contributed by atoms with Crippen LogP contribution in [0.3, 0.4) is 0 Å². The highest BCUT2D eigenvalue weighted by Gasteiger charge is 2.31. The first-order valence-electron chi connectivity index (χ1n) is 8.69. The summed E-state index contributed by atoms with van der Waals surface area (Å²) < 4.78 is 12.9. The zero-order chi connectivity index (χ0) is 18.1. The van der Waals surface area contributed by atoms with Gasteiger partial charge in [0.05, 0.1) is 6.04 Å². The molecule has 0 spiro atoms. The largest absolute Gasteiger partial charge is 0.484 e. The van der Waals surface area contributed by atoms with E-state index in [1.54, 1.807) is 24.3 Å². The van der Waals surface area contributed by atoms with Crippen molar-refractivity contribution in [3.63, 3.8) is 0 Å². The van der Waals surface area contributed by atoms with E-state index in [-0.39, 0.29) is 18.6 Å². The van der Waals surface area contributed by atoms with E-state index in [2.05, 4.69) is 10.6 Å². The predicted octanol–water partition coefficient (Wildman–Crippen LogP) is 2.87. The van der Waals surface area contributed by atoms with E-state index in [1.807, 2.05) is 24.2 Å². The number of aromatic nitrogens is 1. The highest BCUT2D eigenvalue weighted by Crippen LogP contribution is 2.32. The van der Waals surface area contributed by atoms with Crippen LogP contribution in [0.1, 0.15) is 24.6 Å². The average molecular weight is 352 g/mol. The monoisotopic (exact) mass is 352 g/mol. The maximum absolute atomic E-state index is 12.7. The summed E-state index contributed by atoms with van der Waals surface area (Å²) in [4.78, 5) is 25.9. The Bertz CT molecular complexity index is 1000. The first-order chi connectivity index (χ1) is 12.6. The predicted molar refractivity (Wildman–Crippen MR) is 97.1 cm³/mol. The summed E-state index contributed by atoms with van der Waals surface area (Å²) in [6, 6.07) is 12.4. The van der Waals surface area contributed by atoms with Crippen LogP contribution in [0, 0.1) is 0 Å². The van der Waals surface area contributed by atoms with E-state index in [0.29, 0.717) is 11.3 Å². The topological polar surface area (TPSA) is 64.7 Å². The van der Waals surface area contributed by atoms with Crippen molar-refractivity contribution in [1.82, 2.24) is 9.47 Å². The van der Waals surface area contributed by atoms with Crippen molar-refractivity contribution in [3.05, 3.63) is 64.8 Å². The third-order valence-electron chi connectivity index (χ3n) is 4.86. The van der Waals surface area contributed by atoms with E-state index < -0.39 is 5.63 Å². The van der Waals surface area contributed by atoms with Crippen LogP contribution in [0.5, 0.6) is 5.75 Å². The molecule has 1 aliphatic heterocycles. The van der Waals surface area contributed by atoms with Crippen LogP contribution in [0.15, 0.2) is 57.9 Å². The number of carbonyl (C=O) groups excluding carboxylic acids is 1. The van der Waals surface area contributed by atoms with Crippen molar-refractivity contribution < 1.29 is 13.9 Å². The van der Waals surface area contributed by atoms with Crippen LogP contribution in [0.2, 0.25) is 0 Å². The molecule has 6 nitrogen and oxygen atoms in total. The first-order valence-corrected chi connectivity index (χ1v) is 8.69. The van der Waals surface area contributed by atoms with E-state index >= 15 is 0 Å². The minimum atomic E-state index is -0.409. The lowest BCUT2D eigenvalue weighted by molar-refractivity contribution is -0.134. The molecule has 1 aromatic carbocycles. The smallest absolute Gasteiger partial charge is 0.336 e. The molecular formula is C20H20N2O4. The van der Waals surface area contributed by atoms with Crippen LogP contribution < -0.4 is 10.4 Å². The van der Waals surface area contributed by atoms with Gasteiger partial charge in [0.2, 0.25) is 0 Å². The second kappa shape index (κ2) is 6.71.